The zero-order valence-corrected chi connectivity index (χ0v) is 19.2. The SMILES string of the molecule is CCCCCCOc1cccc(NC(=S)NC(=O)c2cc(Br)ccc2OCC)c1. The monoisotopic (exact) mass is 478 g/mol. The highest BCUT2D eigenvalue weighted by Crippen LogP contribution is 2.23. The minimum absolute atomic E-state index is 0.206. The first-order valence-electron chi connectivity index (χ1n) is 9.81. The highest BCUT2D eigenvalue weighted by atomic mass is 79.9. The first-order chi connectivity index (χ1) is 14.0. The van der Waals surface area contributed by atoms with Gasteiger partial charge in [0.25, 0.3) is 5.91 Å². The summed E-state index contributed by atoms with van der Waals surface area (Å²) in [7, 11) is 0. The van der Waals surface area contributed by atoms with Gasteiger partial charge in [-0.2, -0.15) is 0 Å². The molecule has 2 rings (SSSR count). The highest BCUT2D eigenvalue weighted by molar-refractivity contribution is 9.10. The predicted octanol–water partition coefficient (Wildman–Crippen LogP) is 5.93. The molecule has 0 aliphatic rings. The van der Waals surface area contributed by atoms with Gasteiger partial charge in [0.05, 0.1) is 18.8 Å². The van der Waals surface area contributed by atoms with E-state index >= 15 is 0 Å². The minimum Gasteiger partial charge on any atom is -0.494 e. The molecule has 0 bridgehead atoms. The molecule has 1 amide bonds. The van der Waals surface area contributed by atoms with Crippen LogP contribution in [0.1, 0.15) is 49.9 Å². The van der Waals surface area contributed by atoms with Gasteiger partial charge in [0.15, 0.2) is 5.11 Å². The van der Waals surface area contributed by atoms with Crippen LogP contribution in [0.25, 0.3) is 0 Å². The largest absolute Gasteiger partial charge is 0.494 e. The number of rotatable bonds is 10. The van der Waals surface area contributed by atoms with Gasteiger partial charge in [0.2, 0.25) is 0 Å². The first-order valence-corrected chi connectivity index (χ1v) is 11.0. The minimum atomic E-state index is -0.337. The normalized spacial score (nSPS) is 10.3. The van der Waals surface area contributed by atoms with Gasteiger partial charge in [-0.05, 0) is 55.9 Å². The Balaban J connectivity index is 1.93. The van der Waals surface area contributed by atoms with E-state index in [2.05, 4.69) is 33.5 Å². The van der Waals surface area contributed by atoms with Gasteiger partial charge in [0.1, 0.15) is 11.5 Å². The van der Waals surface area contributed by atoms with Gasteiger partial charge in [-0.15, -0.1) is 0 Å². The topological polar surface area (TPSA) is 59.6 Å². The van der Waals surface area contributed by atoms with Crippen molar-refractivity contribution >= 4 is 44.9 Å². The number of anilines is 1. The molecule has 0 saturated heterocycles. The highest BCUT2D eigenvalue weighted by Gasteiger charge is 2.15. The van der Waals surface area contributed by atoms with Crippen molar-refractivity contribution in [1.29, 1.82) is 0 Å². The number of amides is 1. The maximum absolute atomic E-state index is 12.6. The second-order valence-electron chi connectivity index (χ2n) is 6.42. The van der Waals surface area contributed by atoms with Crippen molar-refractivity contribution in [2.24, 2.45) is 0 Å². The Morgan fingerprint density at radius 3 is 2.66 bits per heavy atom. The molecule has 0 aromatic heterocycles. The number of unbranched alkanes of at least 4 members (excludes halogenated alkanes) is 3. The number of nitrogens with one attached hydrogen (secondary N) is 2. The van der Waals surface area contributed by atoms with E-state index in [1.54, 1.807) is 12.1 Å². The average molecular weight is 479 g/mol. The molecule has 7 heteroatoms. The Morgan fingerprint density at radius 2 is 1.90 bits per heavy atom. The van der Waals surface area contributed by atoms with Crippen LogP contribution in [0.3, 0.4) is 0 Å². The van der Waals surface area contributed by atoms with Crippen LogP contribution in [0, 0.1) is 0 Å². The molecule has 29 heavy (non-hydrogen) atoms. The molecular formula is C22H27BrN2O3S. The molecule has 2 aromatic carbocycles. The van der Waals surface area contributed by atoms with Crippen LogP contribution >= 0.6 is 28.1 Å². The predicted molar refractivity (Wildman–Crippen MR) is 125 cm³/mol. The van der Waals surface area contributed by atoms with Crippen molar-refractivity contribution < 1.29 is 14.3 Å². The standard InChI is InChI=1S/C22H27BrN2O3S/c1-3-5-6-7-13-28-18-10-8-9-17(15-18)24-22(29)25-21(26)19-14-16(23)11-12-20(19)27-4-2/h8-12,14-15H,3-7,13H2,1-2H3,(H2,24,25,26,29). The molecule has 0 unspecified atom stereocenters. The van der Waals surface area contributed by atoms with E-state index in [9.17, 15) is 4.79 Å². The zero-order chi connectivity index (χ0) is 21.1. The van der Waals surface area contributed by atoms with Crippen molar-refractivity contribution in [1.82, 2.24) is 5.32 Å². The number of halogens is 1. The summed E-state index contributed by atoms with van der Waals surface area (Å²) in [5.74, 6) is 0.941. The molecule has 5 nitrogen and oxygen atoms in total. The lowest BCUT2D eigenvalue weighted by molar-refractivity contribution is 0.0974. The molecule has 2 aromatic rings. The van der Waals surface area contributed by atoms with Crippen molar-refractivity contribution in [2.45, 2.75) is 39.5 Å². The van der Waals surface area contributed by atoms with Crippen LogP contribution in [-0.2, 0) is 0 Å². The number of hydrogen-bond acceptors (Lipinski definition) is 4. The van der Waals surface area contributed by atoms with Gasteiger partial charge < -0.3 is 14.8 Å². The van der Waals surface area contributed by atoms with Crippen LogP contribution in [0.15, 0.2) is 46.9 Å². The van der Waals surface area contributed by atoms with E-state index in [0.717, 1.165) is 22.3 Å². The number of carbonyl (C=O) groups is 1. The quantitative estimate of drug-likeness (QED) is 0.327. The van der Waals surface area contributed by atoms with Crippen LogP contribution in [0.4, 0.5) is 5.69 Å². The second-order valence-corrected chi connectivity index (χ2v) is 7.74. The molecule has 0 atom stereocenters. The molecule has 0 aliphatic heterocycles. The van der Waals surface area contributed by atoms with Crippen LogP contribution in [0.2, 0.25) is 0 Å². The third-order valence-electron chi connectivity index (χ3n) is 4.07. The van der Waals surface area contributed by atoms with E-state index in [4.69, 9.17) is 21.7 Å². The molecule has 156 valence electrons. The number of thiocarbonyl (C=S) groups is 1. The smallest absolute Gasteiger partial charge is 0.261 e. The van der Waals surface area contributed by atoms with Gasteiger partial charge in [-0.25, -0.2) is 0 Å². The Labute approximate surface area is 186 Å². The number of benzene rings is 2. The Morgan fingerprint density at radius 1 is 1.07 bits per heavy atom. The van der Waals surface area contributed by atoms with Crippen molar-refractivity contribution in [2.75, 3.05) is 18.5 Å². The third kappa shape index (κ3) is 8.03. The van der Waals surface area contributed by atoms with Gasteiger partial charge in [-0.3, -0.25) is 10.1 Å². The molecular weight excluding hydrogens is 452 g/mol. The summed E-state index contributed by atoms with van der Waals surface area (Å²) in [5.41, 5.74) is 1.16. The fourth-order valence-electron chi connectivity index (χ4n) is 2.68. The average Bonchev–Trinajstić information content (AvgIpc) is 2.69. The van der Waals surface area contributed by atoms with Gasteiger partial charge in [-0.1, -0.05) is 48.2 Å². The lowest BCUT2D eigenvalue weighted by Gasteiger charge is -2.13. The van der Waals surface area contributed by atoms with Crippen molar-refractivity contribution in [3.8, 4) is 11.5 Å². The van der Waals surface area contributed by atoms with E-state index < -0.39 is 0 Å². The number of carbonyl (C=O) groups excluding carboxylic acids is 1. The Hall–Kier alpha value is -2.12. The molecule has 0 saturated carbocycles. The lowest BCUT2D eigenvalue weighted by Crippen LogP contribution is -2.34. The summed E-state index contributed by atoms with van der Waals surface area (Å²) in [6.07, 6.45) is 4.63. The number of hydrogen-bond donors (Lipinski definition) is 2. The van der Waals surface area contributed by atoms with Gasteiger partial charge >= 0.3 is 0 Å². The van der Waals surface area contributed by atoms with Crippen molar-refractivity contribution in [3.05, 3.63) is 52.5 Å². The summed E-state index contributed by atoms with van der Waals surface area (Å²) < 4.78 is 12.1. The van der Waals surface area contributed by atoms with Gasteiger partial charge in [0, 0.05) is 16.2 Å². The summed E-state index contributed by atoms with van der Waals surface area (Å²) in [4.78, 5) is 12.6. The number of ether oxygens (including phenoxy) is 2. The Kier molecular flexibility index (Phi) is 9.94. The zero-order valence-electron chi connectivity index (χ0n) is 16.8. The summed E-state index contributed by atoms with van der Waals surface area (Å²) in [5, 5.41) is 5.93. The summed E-state index contributed by atoms with van der Waals surface area (Å²) >= 11 is 8.68. The molecule has 0 fully saturated rings. The van der Waals surface area contributed by atoms with Crippen LogP contribution < -0.4 is 20.1 Å². The second kappa shape index (κ2) is 12.4. The van der Waals surface area contributed by atoms with E-state index in [1.165, 1.54) is 19.3 Å². The molecule has 0 spiro atoms. The van der Waals surface area contributed by atoms with E-state index in [-0.39, 0.29) is 11.0 Å². The Bertz CT molecular complexity index is 829. The maximum atomic E-state index is 12.6. The molecule has 0 heterocycles. The summed E-state index contributed by atoms with van der Waals surface area (Å²) in [6.45, 7) is 5.21. The molecule has 0 aliphatic carbocycles. The lowest BCUT2D eigenvalue weighted by atomic mass is 10.2. The fraction of sp³-hybridized carbons (Fsp3) is 0.364. The third-order valence-corrected chi connectivity index (χ3v) is 4.77. The summed E-state index contributed by atoms with van der Waals surface area (Å²) in [6, 6.07) is 12.8. The van der Waals surface area contributed by atoms with E-state index in [1.807, 2.05) is 37.3 Å². The van der Waals surface area contributed by atoms with Crippen molar-refractivity contribution in [3.63, 3.8) is 0 Å². The first kappa shape index (κ1) is 23.2. The fourth-order valence-corrected chi connectivity index (χ4v) is 3.25. The van der Waals surface area contributed by atoms with E-state index in [0.29, 0.717) is 24.5 Å². The molecule has 2 N–H and O–H groups in total. The molecule has 0 radical (unpaired) electrons. The van der Waals surface area contributed by atoms with Crippen LogP contribution in [-0.4, -0.2) is 24.2 Å². The maximum Gasteiger partial charge on any atom is 0.261 e. The van der Waals surface area contributed by atoms with Crippen LogP contribution in [0.5, 0.6) is 11.5 Å².